The Bertz CT molecular complexity index is 1750. The number of hydrogen-bond donors (Lipinski definition) is 1. The van der Waals surface area contributed by atoms with E-state index < -0.39 is 5.41 Å². The lowest BCUT2D eigenvalue weighted by molar-refractivity contribution is 0.359. The number of hydrogen-bond acceptors (Lipinski definition) is 3. The van der Waals surface area contributed by atoms with E-state index in [4.69, 9.17) is 9.47 Å². The molecule has 38 heavy (non-hydrogen) atoms. The fourth-order valence-corrected chi connectivity index (χ4v) is 6.57. The fraction of sp³-hybridized carbons (Fsp3) is 0.0857. The van der Waals surface area contributed by atoms with Crippen LogP contribution < -0.4 is 14.8 Å². The van der Waals surface area contributed by atoms with Gasteiger partial charge in [-0.1, -0.05) is 84.9 Å². The molecule has 1 aliphatic heterocycles. The number of anilines is 1. The smallest absolute Gasteiger partial charge is 0.172 e. The van der Waals surface area contributed by atoms with E-state index >= 15 is 0 Å². The van der Waals surface area contributed by atoms with Crippen LogP contribution in [0, 0.1) is 0 Å². The summed E-state index contributed by atoms with van der Waals surface area (Å²) < 4.78 is 13.0. The predicted molar refractivity (Wildman–Crippen MR) is 153 cm³/mol. The SMILES string of the molecule is C/C=C/CNc1ccc2c(c1)Oc1cc3c(cc1O2)-c1ccccc1C31c2ccccc2-c2ccccc21. The van der Waals surface area contributed by atoms with E-state index in [2.05, 4.69) is 96.3 Å². The number of rotatable bonds is 3. The van der Waals surface area contributed by atoms with Crippen LogP contribution in [0.4, 0.5) is 5.69 Å². The van der Waals surface area contributed by atoms with Gasteiger partial charge in [-0.2, -0.15) is 0 Å². The molecule has 0 amide bonds. The zero-order chi connectivity index (χ0) is 25.3. The Morgan fingerprint density at radius 1 is 0.579 bits per heavy atom. The highest BCUT2D eigenvalue weighted by Crippen LogP contribution is 2.64. The van der Waals surface area contributed by atoms with Crippen LogP contribution in [0.15, 0.2) is 115 Å². The Hall–Kier alpha value is -4.76. The molecule has 5 aromatic carbocycles. The molecule has 0 atom stereocenters. The van der Waals surface area contributed by atoms with Crippen molar-refractivity contribution in [2.75, 3.05) is 11.9 Å². The van der Waals surface area contributed by atoms with Gasteiger partial charge in [-0.25, -0.2) is 0 Å². The number of benzene rings is 5. The molecule has 182 valence electrons. The number of fused-ring (bicyclic) bond motifs is 12. The molecular formula is C35H25NO2. The van der Waals surface area contributed by atoms with Gasteiger partial charge in [0.25, 0.3) is 0 Å². The fourth-order valence-electron chi connectivity index (χ4n) is 6.57. The summed E-state index contributed by atoms with van der Waals surface area (Å²) in [6.07, 6.45) is 4.12. The van der Waals surface area contributed by atoms with Crippen LogP contribution >= 0.6 is 0 Å². The maximum absolute atomic E-state index is 6.54. The van der Waals surface area contributed by atoms with Crippen molar-refractivity contribution in [2.24, 2.45) is 0 Å². The van der Waals surface area contributed by atoms with Crippen LogP contribution in [0.1, 0.15) is 29.2 Å². The van der Waals surface area contributed by atoms with Gasteiger partial charge in [-0.05, 0) is 75.7 Å². The van der Waals surface area contributed by atoms with Gasteiger partial charge in [0.1, 0.15) is 0 Å². The molecule has 0 saturated carbocycles. The van der Waals surface area contributed by atoms with Crippen LogP contribution in [0.3, 0.4) is 0 Å². The summed E-state index contributed by atoms with van der Waals surface area (Å²) in [5, 5.41) is 3.41. The Balaban J connectivity index is 1.34. The molecule has 0 bridgehead atoms. The van der Waals surface area contributed by atoms with Gasteiger partial charge in [0.2, 0.25) is 0 Å². The maximum Gasteiger partial charge on any atom is 0.172 e. The Labute approximate surface area is 222 Å². The highest BCUT2D eigenvalue weighted by molar-refractivity contribution is 5.95. The average molecular weight is 492 g/mol. The summed E-state index contributed by atoms with van der Waals surface area (Å²) in [4.78, 5) is 0. The zero-order valence-electron chi connectivity index (χ0n) is 21.0. The van der Waals surface area contributed by atoms with Crippen molar-refractivity contribution in [3.63, 3.8) is 0 Å². The van der Waals surface area contributed by atoms with E-state index in [1.807, 2.05) is 31.2 Å². The van der Waals surface area contributed by atoms with Crippen LogP contribution in [0.5, 0.6) is 23.0 Å². The highest BCUT2D eigenvalue weighted by Gasteiger charge is 2.52. The summed E-state index contributed by atoms with van der Waals surface area (Å²) in [5.41, 5.74) is 10.8. The normalized spacial score (nSPS) is 14.6. The van der Waals surface area contributed by atoms with Crippen molar-refractivity contribution in [1.82, 2.24) is 0 Å². The first-order valence-electron chi connectivity index (χ1n) is 13.1. The minimum atomic E-state index is -0.395. The highest BCUT2D eigenvalue weighted by atomic mass is 16.6. The molecule has 0 aromatic heterocycles. The van der Waals surface area contributed by atoms with Crippen LogP contribution in [-0.4, -0.2) is 6.54 Å². The van der Waals surface area contributed by atoms with Crippen LogP contribution in [0.25, 0.3) is 22.3 Å². The van der Waals surface area contributed by atoms with E-state index in [0.29, 0.717) is 0 Å². The van der Waals surface area contributed by atoms with Crippen molar-refractivity contribution in [1.29, 1.82) is 0 Å². The summed E-state index contributed by atoms with van der Waals surface area (Å²) in [5.74, 6) is 2.94. The molecule has 3 aliphatic rings. The van der Waals surface area contributed by atoms with E-state index in [9.17, 15) is 0 Å². The van der Waals surface area contributed by atoms with Crippen molar-refractivity contribution in [2.45, 2.75) is 12.3 Å². The summed E-state index contributed by atoms with van der Waals surface area (Å²) in [7, 11) is 0. The van der Waals surface area contributed by atoms with Crippen LogP contribution in [0.2, 0.25) is 0 Å². The third-order valence-electron chi connectivity index (χ3n) is 8.10. The summed E-state index contributed by atoms with van der Waals surface area (Å²) >= 11 is 0. The lowest BCUT2D eigenvalue weighted by atomic mass is 9.70. The topological polar surface area (TPSA) is 30.5 Å². The first-order chi connectivity index (χ1) is 18.8. The molecule has 1 spiro atoms. The molecule has 1 heterocycles. The van der Waals surface area contributed by atoms with Gasteiger partial charge in [-0.15, -0.1) is 0 Å². The van der Waals surface area contributed by atoms with Gasteiger partial charge in [-0.3, -0.25) is 0 Å². The van der Waals surface area contributed by atoms with E-state index in [0.717, 1.165) is 35.2 Å². The summed E-state index contributed by atoms with van der Waals surface area (Å²) in [6, 6.07) is 36.9. The van der Waals surface area contributed by atoms with Gasteiger partial charge in [0.05, 0.1) is 5.41 Å². The Morgan fingerprint density at radius 3 is 1.79 bits per heavy atom. The van der Waals surface area contributed by atoms with Crippen molar-refractivity contribution in [3.05, 3.63) is 138 Å². The van der Waals surface area contributed by atoms with Crippen molar-refractivity contribution >= 4 is 5.69 Å². The van der Waals surface area contributed by atoms with Gasteiger partial charge >= 0.3 is 0 Å². The second kappa shape index (κ2) is 7.87. The largest absolute Gasteiger partial charge is 0.449 e. The lowest BCUT2D eigenvalue weighted by Crippen LogP contribution is -2.25. The molecule has 1 N–H and O–H groups in total. The third-order valence-corrected chi connectivity index (χ3v) is 8.10. The number of allylic oxidation sites excluding steroid dienone is 1. The second-order valence-electron chi connectivity index (χ2n) is 10.0. The molecule has 0 fully saturated rings. The van der Waals surface area contributed by atoms with Crippen molar-refractivity contribution < 1.29 is 9.47 Å². The predicted octanol–water partition coefficient (Wildman–Crippen LogP) is 8.92. The van der Waals surface area contributed by atoms with E-state index in [1.54, 1.807) is 0 Å². The average Bonchev–Trinajstić information content (AvgIpc) is 3.42. The first kappa shape index (κ1) is 21.3. The molecule has 5 aromatic rings. The standard InChI is InChI=1S/C35H25NO2/c1-2-3-18-36-22-16-17-31-32(19-22)38-34-21-30-26(20-33(34)37-31)25-12-6-9-15-29(25)35(30)27-13-7-4-10-23(27)24-11-5-8-14-28(24)35/h2-17,19-21,36H,18H2,1H3/b3-2+. The third kappa shape index (κ3) is 2.73. The lowest BCUT2D eigenvalue weighted by Gasteiger charge is -2.31. The Morgan fingerprint density at radius 2 is 1.13 bits per heavy atom. The van der Waals surface area contributed by atoms with Gasteiger partial charge in [0.15, 0.2) is 23.0 Å². The van der Waals surface area contributed by atoms with Crippen molar-refractivity contribution in [3.8, 4) is 45.3 Å². The van der Waals surface area contributed by atoms with Crippen LogP contribution in [-0.2, 0) is 5.41 Å². The summed E-state index contributed by atoms with van der Waals surface area (Å²) in [6.45, 7) is 2.78. The molecule has 0 radical (unpaired) electrons. The molecule has 3 nitrogen and oxygen atoms in total. The second-order valence-corrected chi connectivity index (χ2v) is 10.0. The number of nitrogens with one attached hydrogen (secondary N) is 1. The molecule has 0 saturated heterocycles. The van der Waals surface area contributed by atoms with E-state index in [1.165, 1.54) is 44.5 Å². The Kier molecular flexibility index (Phi) is 4.42. The zero-order valence-corrected chi connectivity index (χ0v) is 21.0. The van der Waals surface area contributed by atoms with Gasteiger partial charge in [0, 0.05) is 18.3 Å². The molecule has 8 rings (SSSR count). The molecule has 3 heteroatoms. The maximum atomic E-state index is 6.54. The monoisotopic (exact) mass is 491 g/mol. The number of ether oxygens (including phenoxy) is 2. The van der Waals surface area contributed by atoms with E-state index in [-0.39, 0.29) is 0 Å². The minimum absolute atomic E-state index is 0.395. The quantitative estimate of drug-likeness (QED) is 0.250. The minimum Gasteiger partial charge on any atom is -0.449 e. The van der Waals surface area contributed by atoms with Gasteiger partial charge < -0.3 is 14.8 Å². The molecular weight excluding hydrogens is 466 g/mol. The molecule has 0 unspecified atom stereocenters. The molecule has 2 aliphatic carbocycles. The first-order valence-corrected chi connectivity index (χ1v) is 13.1.